The molecule has 4 aromatic rings. The van der Waals surface area contributed by atoms with Gasteiger partial charge in [0.25, 0.3) is 0 Å². The number of ether oxygens (including phenoxy) is 4. The molecule has 10 atom stereocenters. The molecule has 0 spiro atoms. The summed E-state index contributed by atoms with van der Waals surface area (Å²) in [5.41, 5.74) is 5.75. The van der Waals surface area contributed by atoms with Crippen LogP contribution in [0.15, 0.2) is 25.3 Å². The maximum Gasteiger partial charge on any atom is 0.325 e. The third kappa shape index (κ3) is 4.40. The van der Waals surface area contributed by atoms with E-state index >= 15 is 0 Å². The van der Waals surface area contributed by atoms with Gasteiger partial charge >= 0.3 is 13.4 Å². The molecule has 9 heterocycles. The van der Waals surface area contributed by atoms with Crippen LogP contribution < -0.4 is 5.73 Å². The molecule has 5 aliphatic rings. The number of hydrogen-bond donors (Lipinski definition) is 3. The van der Waals surface area contributed by atoms with Crippen LogP contribution in [-0.4, -0.2) is 111 Å². The zero-order valence-electron chi connectivity index (χ0n) is 23.6. The summed E-state index contributed by atoms with van der Waals surface area (Å²) in [6.07, 6.45) is 0.460. The molecule has 5 aliphatic heterocycles. The summed E-state index contributed by atoms with van der Waals surface area (Å²) in [6.45, 7) is -6.93. The van der Waals surface area contributed by atoms with Gasteiger partial charge in [0.1, 0.15) is 59.3 Å². The van der Waals surface area contributed by atoms with Crippen LogP contribution in [-0.2, 0) is 60.7 Å². The van der Waals surface area contributed by atoms with Gasteiger partial charge < -0.3 is 43.5 Å². The lowest BCUT2D eigenvalue weighted by Gasteiger charge is -2.36. The molecule has 4 N–H and O–H groups in total. The van der Waals surface area contributed by atoms with Crippen LogP contribution >= 0.6 is 13.4 Å². The minimum absolute atomic E-state index is 0.0207. The Kier molecular flexibility index (Phi) is 6.60. The summed E-state index contributed by atoms with van der Waals surface area (Å²) in [5, 5.41) is 0. The van der Waals surface area contributed by atoms with Gasteiger partial charge in [-0.1, -0.05) is 0 Å². The molecule has 9 rings (SSSR count). The molecule has 2 unspecified atom stereocenters. The van der Waals surface area contributed by atoms with E-state index in [0.717, 1.165) is 0 Å². The van der Waals surface area contributed by atoms with E-state index < -0.39 is 61.5 Å². The van der Waals surface area contributed by atoms with Crippen molar-refractivity contribution in [2.45, 2.75) is 55.0 Å². The van der Waals surface area contributed by atoms with Crippen molar-refractivity contribution in [2.75, 3.05) is 32.2 Å². The second kappa shape index (κ2) is 10.2. The predicted molar refractivity (Wildman–Crippen MR) is 160 cm³/mol. The molecule has 0 aliphatic carbocycles. The second-order valence-electron chi connectivity index (χ2n) is 11.6. The summed E-state index contributed by atoms with van der Waals surface area (Å²) in [7, 11) is 0. The molecule has 0 saturated carbocycles. The molecule has 4 aromatic heterocycles. The van der Waals surface area contributed by atoms with Crippen molar-refractivity contribution in [3.63, 3.8) is 0 Å². The molecule has 0 radical (unpaired) electrons. The highest BCUT2D eigenvalue weighted by Gasteiger charge is 2.68. The van der Waals surface area contributed by atoms with Gasteiger partial charge in [-0.05, 0) is 30.5 Å². The van der Waals surface area contributed by atoms with Crippen LogP contribution in [0.3, 0.4) is 0 Å². The Balaban J connectivity index is 1.05. The number of nitrogens with zero attached hydrogens (tertiary/aromatic N) is 8. The maximum absolute atomic E-state index is 11.4. The molecule has 19 nitrogen and oxygen atoms in total. The Labute approximate surface area is 268 Å². The average molecular weight is 714 g/mol. The zero-order valence-corrected chi connectivity index (χ0v) is 27.1. The SMILES string of the molecule is Cc1ncnc2c1ncn2[C@@H]1O[C@@]23CO[C@@H]1[C@@H]2OP(O)(=S)OC[C@@]12CO[C@@H]([C@H](n4cnc5c(N)ncnc54)O1)[C@@H]2OP(O)(=S)OC3. The third-order valence-electron chi connectivity index (χ3n) is 8.86. The number of hydrogen-bond acceptors (Lipinski definition) is 17. The van der Waals surface area contributed by atoms with Gasteiger partial charge in [-0.25, -0.2) is 29.9 Å². The van der Waals surface area contributed by atoms with Crippen molar-refractivity contribution in [1.82, 2.24) is 39.0 Å². The summed E-state index contributed by atoms with van der Waals surface area (Å²) in [6, 6.07) is 0. The number of nitrogen functional groups attached to an aromatic ring is 1. The van der Waals surface area contributed by atoms with Crippen molar-refractivity contribution >= 4 is 65.2 Å². The van der Waals surface area contributed by atoms with E-state index in [2.05, 4.69) is 29.9 Å². The lowest BCUT2D eigenvalue weighted by atomic mass is 10.0. The quantitative estimate of drug-likeness (QED) is 0.235. The van der Waals surface area contributed by atoms with Gasteiger partial charge in [-0.3, -0.25) is 18.2 Å². The third-order valence-corrected chi connectivity index (χ3v) is 11.9. The largest absolute Gasteiger partial charge is 0.382 e. The minimum Gasteiger partial charge on any atom is -0.382 e. The van der Waals surface area contributed by atoms with Crippen LogP contribution in [0.5, 0.6) is 0 Å². The summed E-state index contributed by atoms with van der Waals surface area (Å²) < 4.78 is 52.6. The number of aromatic nitrogens is 8. The van der Waals surface area contributed by atoms with Gasteiger partial charge in [0.2, 0.25) is 0 Å². The average Bonchev–Trinajstić information content (AvgIpc) is 3.86. The van der Waals surface area contributed by atoms with Crippen molar-refractivity contribution < 1.29 is 46.8 Å². The standard InChI is InChI=1S/C23H25N9O10P2S2/c1-10-11-18(27-6-25-10)31(8-29-11)20-13-15-22(39-20,2-35-13)4-37-44(34,46)42-16-14-21(32-9-30-12-17(24)26-7-28-19(12)32)40-23(16,3-36-14)5-38-43(33,45)41-15/h6-9,13-16,20-21H,2-5H2,1H3,(H,33,45)(H,34,46)(H2,24,26,28)/t13-,14-,15+,16+,20-,21-,22-,23-,43?,44?/m1/s1. The van der Waals surface area contributed by atoms with E-state index in [9.17, 15) is 9.79 Å². The molecule has 23 heteroatoms. The summed E-state index contributed by atoms with van der Waals surface area (Å²) >= 11 is 11.0. The molecule has 5 saturated heterocycles. The first-order valence-corrected chi connectivity index (χ1v) is 19.1. The molecular weight excluding hydrogens is 688 g/mol. The van der Waals surface area contributed by atoms with Crippen LogP contribution in [0, 0.1) is 6.92 Å². The zero-order chi connectivity index (χ0) is 31.6. The number of fused-ring (bicyclic) bond motifs is 2. The lowest BCUT2D eigenvalue weighted by Crippen LogP contribution is -2.48. The Hall–Kier alpha value is -2.20. The minimum atomic E-state index is -4.01. The fraction of sp³-hybridized carbons (Fsp3) is 0.565. The molecule has 0 aromatic carbocycles. The van der Waals surface area contributed by atoms with Crippen molar-refractivity contribution in [1.29, 1.82) is 0 Å². The molecule has 5 fully saturated rings. The van der Waals surface area contributed by atoms with Crippen LogP contribution in [0.25, 0.3) is 22.3 Å². The van der Waals surface area contributed by atoms with E-state index in [1.54, 1.807) is 15.5 Å². The number of aryl methyl sites for hydroxylation is 1. The molecular formula is C23H25N9O10P2S2. The first kappa shape index (κ1) is 29.9. The van der Waals surface area contributed by atoms with E-state index in [1.165, 1.54) is 19.0 Å². The number of nitrogens with two attached hydrogens (primary N) is 1. The van der Waals surface area contributed by atoms with Crippen molar-refractivity contribution in [3.05, 3.63) is 31.0 Å². The van der Waals surface area contributed by atoms with E-state index in [0.29, 0.717) is 28.0 Å². The van der Waals surface area contributed by atoms with E-state index in [-0.39, 0.29) is 32.2 Å². The molecule has 46 heavy (non-hydrogen) atoms. The molecule has 4 bridgehead atoms. The molecule has 244 valence electrons. The first-order valence-electron chi connectivity index (χ1n) is 14.0. The van der Waals surface area contributed by atoms with Gasteiger partial charge in [-0.2, -0.15) is 0 Å². The second-order valence-corrected chi connectivity index (χ2v) is 17.2. The van der Waals surface area contributed by atoms with E-state index in [4.69, 9.17) is 66.4 Å². The number of rotatable bonds is 2. The van der Waals surface area contributed by atoms with Crippen molar-refractivity contribution in [2.24, 2.45) is 0 Å². The Morgan fingerprint density at radius 3 is 1.83 bits per heavy atom. The number of anilines is 1. The maximum atomic E-state index is 11.4. The first-order chi connectivity index (χ1) is 22.0. The number of imidazole rings is 2. The Bertz CT molecular complexity index is 1860. The van der Waals surface area contributed by atoms with E-state index in [1.807, 2.05) is 6.92 Å². The van der Waals surface area contributed by atoms with Gasteiger partial charge in [0.15, 0.2) is 29.6 Å². The monoisotopic (exact) mass is 713 g/mol. The Morgan fingerprint density at radius 1 is 0.761 bits per heavy atom. The molecule has 0 amide bonds. The summed E-state index contributed by atoms with van der Waals surface area (Å²) in [5.74, 6) is 0.187. The smallest absolute Gasteiger partial charge is 0.325 e. The van der Waals surface area contributed by atoms with Gasteiger partial charge in [0, 0.05) is 0 Å². The predicted octanol–water partition coefficient (Wildman–Crippen LogP) is 0.140. The van der Waals surface area contributed by atoms with Crippen LogP contribution in [0.4, 0.5) is 5.82 Å². The normalized spacial score (nSPS) is 42.2. The van der Waals surface area contributed by atoms with Crippen molar-refractivity contribution in [3.8, 4) is 0 Å². The fourth-order valence-electron chi connectivity index (χ4n) is 6.69. The van der Waals surface area contributed by atoms with Gasteiger partial charge in [-0.15, -0.1) is 0 Å². The highest BCUT2D eigenvalue weighted by atomic mass is 32.5. The van der Waals surface area contributed by atoms with Gasteiger partial charge in [0.05, 0.1) is 44.8 Å². The van der Waals surface area contributed by atoms with Crippen LogP contribution in [0.2, 0.25) is 0 Å². The topological polar surface area (TPSA) is 228 Å². The fourth-order valence-corrected chi connectivity index (χ4v) is 9.65. The van der Waals surface area contributed by atoms with Crippen LogP contribution in [0.1, 0.15) is 18.1 Å². The summed E-state index contributed by atoms with van der Waals surface area (Å²) in [4.78, 5) is 48.4. The highest BCUT2D eigenvalue weighted by molar-refractivity contribution is 8.07. The lowest BCUT2D eigenvalue weighted by molar-refractivity contribution is -0.187. The Morgan fingerprint density at radius 2 is 1.26 bits per heavy atom. The highest BCUT2D eigenvalue weighted by Crippen LogP contribution is 2.61.